The highest BCUT2D eigenvalue weighted by Gasteiger charge is 2.69. The second kappa shape index (κ2) is 6.34. The fraction of sp³-hybridized carbons (Fsp3) is 0.520. The first-order valence-electron chi connectivity index (χ1n) is 12.1. The van der Waals surface area contributed by atoms with Gasteiger partial charge in [0.15, 0.2) is 17.6 Å². The van der Waals surface area contributed by atoms with Gasteiger partial charge in [0.2, 0.25) is 0 Å². The van der Waals surface area contributed by atoms with Gasteiger partial charge in [0.1, 0.15) is 5.65 Å². The third-order valence-corrected chi connectivity index (χ3v) is 8.93. The van der Waals surface area contributed by atoms with Crippen molar-refractivity contribution in [3.8, 4) is 11.5 Å². The van der Waals surface area contributed by atoms with E-state index in [1.54, 1.807) is 13.0 Å². The molecule has 4 atom stereocenters. The molecule has 4 aliphatic rings. The van der Waals surface area contributed by atoms with E-state index in [1.165, 1.54) is 23.4 Å². The number of fused-ring (bicyclic) bond motifs is 2. The van der Waals surface area contributed by atoms with E-state index in [2.05, 4.69) is 15.0 Å². The Labute approximate surface area is 195 Å². The fourth-order valence-electron chi connectivity index (χ4n) is 7.01. The van der Waals surface area contributed by atoms with Gasteiger partial charge < -0.3 is 19.9 Å². The van der Waals surface area contributed by atoms with E-state index in [4.69, 9.17) is 4.74 Å². The first-order chi connectivity index (χ1) is 16.2. The fourth-order valence-corrected chi connectivity index (χ4v) is 7.01. The molecule has 9 heteroatoms. The number of hydrogen-bond acceptors (Lipinski definition) is 6. The molecule has 0 amide bonds. The average molecular weight is 465 g/mol. The Morgan fingerprint density at radius 2 is 2.06 bits per heavy atom. The van der Waals surface area contributed by atoms with Gasteiger partial charge in [0, 0.05) is 29.8 Å². The van der Waals surface area contributed by atoms with Gasteiger partial charge in [-0.1, -0.05) is 6.07 Å². The number of H-pyrrole nitrogens is 2. The number of phenolic OH excluding ortho intramolecular Hbond substituents is 1. The number of aliphatic hydroxyl groups is 1. The lowest BCUT2D eigenvalue weighted by atomic mass is 9.53. The van der Waals surface area contributed by atoms with Crippen LogP contribution in [0.2, 0.25) is 0 Å². The Morgan fingerprint density at radius 3 is 2.82 bits per heavy atom. The van der Waals surface area contributed by atoms with Gasteiger partial charge in [-0.15, -0.1) is 0 Å². The number of aromatic amines is 2. The average Bonchev–Trinajstić information content (AvgIpc) is 3.41. The molecule has 1 aromatic carbocycles. The molecule has 4 N–H and O–H groups in total. The molecule has 2 aliphatic heterocycles. The molecule has 0 unspecified atom stereocenters. The number of nitrogens with zero attached hydrogens (tertiary/aromatic N) is 2. The predicted octanol–water partition coefficient (Wildman–Crippen LogP) is 1.49. The quantitative estimate of drug-likeness (QED) is 0.466. The lowest BCUT2D eigenvalue weighted by molar-refractivity contribution is -0.156. The molecule has 7 rings (SSSR count). The molecular formula is C25H28N4O5. The summed E-state index contributed by atoms with van der Waals surface area (Å²) < 4.78 is 7.68. The van der Waals surface area contributed by atoms with Gasteiger partial charge in [-0.2, -0.15) is 0 Å². The van der Waals surface area contributed by atoms with Crippen LogP contribution in [0.1, 0.15) is 54.7 Å². The Morgan fingerprint density at radius 1 is 1.26 bits per heavy atom. The number of likely N-dealkylation sites (tertiary alicyclic amines) is 1. The monoisotopic (exact) mass is 464 g/mol. The van der Waals surface area contributed by atoms with Crippen molar-refractivity contribution in [1.82, 2.24) is 19.5 Å². The second-order valence-electron chi connectivity index (χ2n) is 10.8. The van der Waals surface area contributed by atoms with Crippen molar-refractivity contribution in [1.29, 1.82) is 0 Å². The molecule has 9 nitrogen and oxygen atoms in total. The minimum atomic E-state index is -1.16. The summed E-state index contributed by atoms with van der Waals surface area (Å²) in [6.07, 6.45) is 3.09. The SMILES string of the molecule is Cc1c([C@@H]2Oc3c(O)ccc4c3[C@@]23CCN(CC2CC2)[C@H](C4)[C@@]3(C)O)[nH]c2cc(=O)[nH]n2c1=O. The number of nitrogens with one attached hydrogen (secondary N) is 2. The molecule has 2 bridgehead atoms. The molecule has 1 saturated heterocycles. The van der Waals surface area contributed by atoms with E-state index < -0.39 is 17.1 Å². The highest BCUT2D eigenvalue weighted by molar-refractivity contribution is 5.62. The minimum absolute atomic E-state index is 0.0363. The maximum atomic E-state index is 13.1. The van der Waals surface area contributed by atoms with Crippen LogP contribution in [0.25, 0.3) is 5.65 Å². The van der Waals surface area contributed by atoms with E-state index in [0.29, 0.717) is 41.4 Å². The summed E-state index contributed by atoms with van der Waals surface area (Å²) in [5.41, 5.74) is 0.484. The molecule has 0 radical (unpaired) electrons. The van der Waals surface area contributed by atoms with Crippen LogP contribution in [0.5, 0.6) is 11.5 Å². The zero-order valence-corrected chi connectivity index (χ0v) is 19.2. The Kier molecular flexibility index (Phi) is 3.79. The smallest absolute Gasteiger partial charge is 0.275 e. The van der Waals surface area contributed by atoms with Crippen LogP contribution in [0.4, 0.5) is 0 Å². The lowest BCUT2D eigenvalue weighted by Gasteiger charge is -2.60. The Bertz CT molecular complexity index is 1480. The summed E-state index contributed by atoms with van der Waals surface area (Å²) in [6, 6.07) is 4.85. The highest BCUT2D eigenvalue weighted by Crippen LogP contribution is 2.65. The van der Waals surface area contributed by atoms with Crippen molar-refractivity contribution in [2.24, 2.45) is 5.92 Å². The van der Waals surface area contributed by atoms with Gasteiger partial charge in [0.05, 0.1) is 16.7 Å². The number of rotatable bonds is 3. The number of hydrogen-bond donors (Lipinski definition) is 4. The van der Waals surface area contributed by atoms with Crippen LogP contribution in [0.15, 0.2) is 27.8 Å². The van der Waals surface area contributed by atoms with E-state index in [0.717, 1.165) is 24.2 Å². The van der Waals surface area contributed by atoms with Gasteiger partial charge in [0.25, 0.3) is 11.1 Å². The first kappa shape index (κ1) is 20.3. The molecular weight excluding hydrogens is 436 g/mol. The standard InChI is InChI=1S/C25H28N4O5/c1-12-20(26-17-10-18(31)27-29(17)23(12)32)22-25-7-8-28(11-13-3-4-13)16(24(25,2)33)9-14-5-6-15(30)21(34-22)19(14)25/h5-6,10,13,16,22,26,30,33H,3-4,7-9,11H2,1-2H3,(H,27,31)/t16-,22+,24-,25+/m1/s1. The largest absolute Gasteiger partial charge is 0.504 e. The van der Waals surface area contributed by atoms with Crippen LogP contribution in [0, 0.1) is 12.8 Å². The van der Waals surface area contributed by atoms with Crippen molar-refractivity contribution >= 4 is 5.65 Å². The van der Waals surface area contributed by atoms with Crippen LogP contribution in [-0.2, 0) is 11.8 Å². The summed E-state index contributed by atoms with van der Waals surface area (Å²) in [5.74, 6) is 1.13. The maximum Gasteiger partial charge on any atom is 0.275 e. The van der Waals surface area contributed by atoms with E-state index in [-0.39, 0.29) is 22.9 Å². The summed E-state index contributed by atoms with van der Waals surface area (Å²) in [5, 5.41) is 25.6. The van der Waals surface area contributed by atoms with Crippen molar-refractivity contribution in [2.75, 3.05) is 13.1 Å². The van der Waals surface area contributed by atoms with E-state index in [9.17, 15) is 19.8 Å². The van der Waals surface area contributed by atoms with Gasteiger partial charge in [-0.3, -0.25) is 19.6 Å². The van der Waals surface area contributed by atoms with Crippen molar-refractivity contribution in [3.05, 3.63) is 61.3 Å². The van der Waals surface area contributed by atoms with Crippen LogP contribution in [-0.4, -0.2) is 54.4 Å². The number of aromatic hydroxyl groups is 1. The molecule has 178 valence electrons. The van der Waals surface area contributed by atoms with Crippen molar-refractivity contribution in [2.45, 2.75) is 62.7 Å². The maximum absolute atomic E-state index is 13.1. The Hall–Kier alpha value is -3.04. The summed E-state index contributed by atoms with van der Waals surface area (Å²) in [7, 11) is 0. The zero-order valence-electron chi connectivity index (χ0n) is 19.2. The van der Waals surface area contributed by atoms with E-state index in [1.807, 2.05) is 13.0 Å². The molecule has 2 fully saturated rings. The molecule has 34 heavy (non-hydrogen) atoms. The summed E-state index contributed by atoms with van der Waals surface area (Å²) in [4.78, 5) is 30.8. The third-order valence-electron chi connectivity index (χ3n) is 8.93. The minimum Gasteiger partial charge on any atom is -0.504 e. The van der Waals surface area contributed by atoms with Gasteiger partial charge in [-0.25, -0.2) is 4.52 Å². The first-order valence-corrected chi connectivity index (χ1v) is 12.1. The van der Waals surface area contributed by atoms with Gasteiger partial charge >= 0.3 is 0 Å². The predicted molar refractivity (Wildman–Crippen MR) is 124 cm³/mol. The molecule has 3 aromatic rings. The second-order valence-corrected chi connectivity index (χ2v) is 10.8. The van der Waals surface area contributed by atoms with E-state index >= 15 is 0 Å². The van der Waals surface area contributed by atoms with Crippen molar-refractivity contribution < 1.29 is 14.9 Å². The number of ether oxygens (including phenoxy) is 1. The molecule has 1 saturated carbocycles. The van der Waals surface area contributed by atoms with Crippen molar-refractivity contribution in [3.63, 3.8) is 0 Å². The lowest BCUT2D eigenvalue weighted by Crippen LogP contribution is -2.71. The molecule has 2 aliphatic carbocycles. The summed E-state index contributed by atoms with van der Waals surface area (Å²) >= 11 is 0. The van der Waals surface area contributed by atoms with Crippen LogP contribution >= 0.6 is 0 Å². The number of aromatic nitrogens is 3. The number of benzene rings is 1. The molecule has 1 spiro atoms. The number of phenols is 1. The zero-order chi connectivity index (χ0) is 23.6. The van der Waals surface area contributed by atoms with Crippen LogP contribution < -0.4 is 15.9 Å². The van der Waals surface area contributed by atoms with Gasteiger partial charge in [-0.05, 0) is 63.6 Å². The van der Waals surface area contributed by atoms with Crippen LogP contribution in [0.3, 0.4) is 0 Å². The molecule has 4 heterocycles. The topological polar surface area (TPSA) is 123 Å². The normalized spacial score (nSPS) is 32.1. The number of piperidine rings is 1. The highest BCUT2D eigenvalue weighted by atomic mass is 16.5. The molecule has 2 aromatic heterocycles. The third kappa shape index (κ3) is 2.36. The Balaban J connectivity index is 1.48. The summed E-state index contributed by atoms with van der Waals surface area (Å²) in [6.45, 7) is 5.38.